The molecule has 0 atom stereocenters. The van der Waals surface area contributed by atoms with Crippen LogP contribution in [0.5, 0.6) is 0 Å². The maximum atomic E-state index is 12.9. The van der Waals surface area contributed by atoms with Gasteiger partial charge in [-0.05, 0) is 31.2 Å². The van der Waals surface area contributed by atoms with Crippen molar-refractivity contribution in [1.82, 2.24) is 9.97 Å². The highest BCUT2D eigenvalue weighted by molar-refractivity contribution is 5.95. The zero-order chi connectivity index (χ0) is 13.0. The summed E-state index contributed by atoms with van der Waals surface area (Å²) in [6.07, 6.45) is 2.73. The van der Waals surface area contributed by atoms with Gasteiger partial charge in [-0.1, -0.05) is 0 Å². The maximum absolute atomic E-state index is 12.9. The number of carbonyl (C=O) groups excluding carboxylic acids is 1. The van der Waals surface area contributed by atoms with Crippen LogP contribution in [0.25, 0.3) is 11.3 Å². The molecule has 0 saturated heterocycles. The zero-order valence-electron chi connectivity index (χ0n) is 9.76. The minimum atomic E-state index is -0.488. The topological polar surface area (TPSA) is 52.1 Å². The molecular weight excluding hydrogens is 235 g/mol. The molecule has 1 aromatic heterocycles. The molecule has 1 heterocycles. The standard InChI is InChI=1S/C13H11FN2O2/c1-2-18-13(17)11-7-15-8-16-12(11)9-3-5-10(14)6-4-9/h3-8H,2H2,1H3. The molecule has 0 radical (unpaired) electrons. The third-order valence-corrected chi connectivity index (χ3v) is 2.33. The highest BCUT2D eigenvalue weighted by Gasteiger charge is 2.15. The Labute approximate surface area is 103 Å². The van der Waals surface area contributed by atoms with Gasteiger partial charge in [-0.25, -0.2) is 19.2 Å². The van der Waals surface area contributed by atoms with Gasteiger partial charge in [0.25, 0.3) is 0 Å². The first-order valence-corrected chi connectivity index (χ1v) is 5.45. The minimum absolute atomic E-state index is 0.269. The van der Waals surface area contributed by atoms with E-state index in [-0.39, 0.29) is 18.0 Å². The second-order valence-electron chi connectivity index (χ2n) is 3.51. The Kier molecular flexibility index (Phi) is 3.62. The Morgan fingerprint density at radius 1 is 1.33 bits per heavy atom. The fraction of sp³-hybridized carbons (Fsp3) is 0.154. The van der Waals surface area contributed by atoms with Crippen LogP contribution in [0, 0.1) is 5.82 Å². The van der Waals surface area contributed by atoms with E-state index in [1.165, 1.54) is 24.7 Å². The Balaban J connectivity index is 2.44. The van der Waals surface area contributed by atoms with Crippen molar-refractivity contribution in [3.63, 3.8) is 0 Å². The number of nitrogens with zero attached hydrogens (tertiary/aromatic N) is 2. The Hall–Kier alpha value is -2.30. The van der Waals surface area contributed by atoms with Gasteiger partial charge in [0.2, 0.25) is 0 Å². The number of ether oxygens (including phenoxy) is 1. The summed E-state index contributed by atoms with van der Waals surface area (Å²) in [5, 5.41) is 0. The summed E-state index contributed by atoms with van der Waals surface area (Å²) in [7, 11) is 0. The van der Waals surface area contributed by atoms with Gasteiger partial charge in [0.05, 0.1) is 12.3 Å². The van der Waals surface area contributed by atoms with Gasteiger partial charge in [0, 0.05) is 11.8 Å². The number of carbonyl (C=O) groups is 1. The highest BCUT2D eigenvalue weighted by atomic mass is 19.1. The fourth-order valence-corrected chi connectivity index (χ4v) is 1.53. The average molecular weight is 246 g/mol. The van der Waals surface area contributed by atoms with E-state index in [4.69, 9.17) is 4.74 Å². The largest absolute Gasteiger partial charge is 0.462 e. The van der Waals surface area contributed by atoms with E-state index in [0.717, 1.165) is 0 Å². The van der Waals surface area contributed by atoms with Crippen molar-refractivity contribution in [2.75, 3.05) is 6.61 Å². The molecule has 0 bridgehead atoms. The Bertz CT molecular complexity index is 555. The SMILES string of the molecule is CCOC(=O)c1cncnc1-c1ccc(F)cc1. The first-order valence-electron chi connectivity index (χ1n) is 5.45. The average Bonchev–Trinajstić information content (AvgIpc) is 2.40. The van der Waals surface area contributed by atoms with E-state index < -0.39 is 5.97 Å². The molecule has 0 aliphatic heterocycles. The predicted octanol–water partition coefficient (Wildman–Crippen LogP) is 2.46. The predicted molar refractivity (Wildman–Crippen MR) is 63.4 cm³/mol. The van der Waals surface area contributed by atoms with Crippen molar-refractivity contribution < 1.29 is 13.9 Å². The van der Waals surface area contributed by atoms with Crippen LogP contribution in [0.3, 0.4) is 0 Å². The summed E-state index contributed by atoms with van der Waals surface area (Å²) in [4.78, 5) is 19.6. The summed E-state index contributed by atoms with van der Waals surface area (Å²) in [6.45, 7) is 2.00. The summed E-state index contributed by atoms with van der Waals surface area (Å²) in [5.41, 5.74) is 1.34. The molecule has 0 aliphatic carbocycles. The number of hydrogen-bond acceptors (Lipinski definition) is 4. The van der Waals surface area contributed by atoms with Gasteiger partial charge in [-0.15, -0.1) is 0 Å². The highest BCUT2D eigenvalue weighted by Crippen LogP contribution is 2.21. The second-order valence-corrected chi connectivity index (χ2v) is 3.51. The van der Waals surface area contributed by atoms with E-state index in [1.807, 2.05) is 0 Å². The van der Waals surface area contributed by atoms with Crippen LogP contribution in [-0.2, 0) is 4.74 Å². The zero-order valence-corrected chi connectivity index (χ0v) is 9.76. The summed E-state index contributed by atoms with van der Waals surface area (Å²) in [6, 6.07) is 5.74. The molecule has 0 unspecified atom stereocenters. The van der Waals surface area contributed by atoms with Crippen molar-refractivity contribution >= 4 is 5.97 Å². The fourth-order valence-electron chi connectivity index (χ4n) is 1.53. The number of esters is 1. The van der Waals surface area contributed by atoms with E-state index in [0.29, 0.717) is 11.3 Å². The molecule has 2 aromatic rings. The maximum Gasteiger partial charge on any atom is 0.341 e. The lowest BCUT2D eigenvalue weighted by atomic mass is 10.1. The third-order valence-electron chi connectivity index (χ3n) is 2.33. The number of hydrogen-bond donors (Lipinski definition) is 0. The van der Waals surface area contributed by atoms with Crippen molar-refractivity contribution in [2.24, 2.45) is 0 Å². The molecule has 0 N–H and O–H groups in total. The van der Waals surface area contributed by atoms with Crippen LogP contribution in [0.4, 0.5) is 4.39 Å². The van der Waals surface area contributed by atoms with E-state index in [1.54, 1.807) is 19.1 Å². The Morgan fingerprint density at radius 2 is 2.06 bits per heavy atom. The number of rotatable bonds is 3. The molecule has 18 heavy (non-hydrogen) atoms. The molecule has 0 spiro atoms. The van der Waals surface area contributed by atoms with Crippen LogP contribution >= 0.6 is 0 Å². The lowest BCUT2D eigenvalue weighted by Crippen LogP contribution is -2.08. The van der Waals surface area contributed by atoms with Crippen LogP contribution in [-0.4, -0.2) is 22.5 Å². The molecule has 1 aromatic carbocycles. The van der Waals surface area contributed by atoms with Gasteiger partial charge in [-0.3, -0.25) is 0 Å². The van der Waals surface area contributed by atoms with Crippen LogP contribution in [0.2, 0.25) is 0 Å². The lowest BCUT2D eigenvalue weighted by Gasteiger charge is -2.07. The van der Waals surface area contributed by atoms with Gasteiger partial charge in [-0.2, -0.15) is 0 Å². The quantitative estimate of drug-likeness (QED) is 0.780. The summed E-state index contributed by atoms with van der Waals surface area (Å²) >= 11 is 0. The number of benzene rings is 1. The molecule has 5 heteroatoms. The first-order chi connectivity index (χ1) is 8.72. The third kappa shape index (κ3) is 2.51. The molecule has 4 nitrogen and oxygen atoms in total. The smallest absolute Gasteiger partial charge is 0.341 e. The van der Waals surface area contributed by atoms with E-state index in [9.17, 15) is 9.18 Å². The Morgan fingerprint density at radius 3 is 2.72 bits per heavy atom. The van der Waals surface area contributed by atoms with Crippen LogP contribution in [0.15, 0.2) is 36.8 Å². The lowest BCUT2D eigenvalue weighted by molar-refractivity contribution is 0.0526. The number of halogens is 1. The van der Waals surface area contributed by atoms with Crippen LogP contribution < -0.4 is 0 Å². The first kappa shape index (κ1) is 12.2. The molecule has 92 valence electrons. The molecular formula is C13H11FN2O2. The van der Waals surface area contributed by atoms with Crippen LogP contribution in [0.1, 0.15) is 17.3 Å². The van der Waals surface area contributed by atoms with Gasteiger partial charge in [0.15, 0.2) is 0 Å². The normalized spacial score (nSPS) is 10.1. The monoisotopic (exact) mass is 246 g/mol. The van der Waals surface area contributed by atoms with Gasteiger partial charge in [0.1, 0.15) is 17.7 Å². The minimum Gasteiger partial charge on any atom is -0.462 e. The summed E-state index contributed by atoms with van der Waals surface area (Å²) in [5.74, 6) is -0.831. The molecule has 0 saturated carbocycles. The van der Waals surface area contributed by atoms with Crippen molar-refractivity contribution in [3.8, 4) is 11.3 Å². The molecule has 0 aliphatic rings. The molecule has 2 rings (SSSR count). The summed E-state index contributed by atoms with van der Waals surface area (Å²) < 4.78 is 17.8. The molecule has 0 amide bonds. The molecule has 0 fully saturated rings. The van der Waals surface area contributed by atoms with Crippen molar-refractivity contribution in [3.05, 3.63) is 48.2 Å². The number of aromatic nitrogens is 2. The van der Waals surface area contributed by atoms with Gasteiger partial charge >= 0.3 is 5.97 Å². The van der Waals surface area contributed by atoms with Crippen molar-refractivity contribution in [2.45, 2.75) is 6.92 Å². The van der Waals surface area contributed by atoms with E-state index >= 15 is 0 Å². The van der Waals surface area contributed by atoms with Gasteiger partial charge < -0.3 is 4.74 Å². The van der Waals surface area contributed by atoms with E-state index in [2.05, 4.69) is 9.97 Å². The second kappa shape index (κ2) is 5.35. The van der Waals surface area contributed by atoms with Crippen molar-refractivity contribution in [1.29, 1.82) is 0 Å².